The van der Waals surface area contributed by atoms with Crippen molar-refractivity contribution >= 4 is 38.5 Å². The Bertz CT molecular complexity index is 1290. The molecule has 180 valence electrons. The number of fused-ring (bicyclic) bond motifs is 1. The predicted octanol–water partition coefficient (Wildman–Crippen LogP) is 2.79. The Morgan fingerprint density at radius 2 is 1.71 bits per heavy atom. The van der Waals surface area contributed by atoms with Crippen molar-refractivity contribution in [3.05, 3.63) is 41.9 Å². The summed E-state index contributed by atoms with van der Waals surface area (Å²) >= 11 is 0. The number of anilines is 2. The van der Waals surface area contributed by atoms with E-state index in [1.165, 1.54) is 22.8 Å². The zero-order chi connectivity index (χ0) is 23.7. The molecule has 2 saturated heterocycles. The van der Waals surface area contributed by atoms with Crippen LogP contribution in [0.3, 0.4) is 0 Å². The van der Waals surface area contributed by atoms with Crippen molar-refractivity contribution in [1.82, 2.24) is 14.3 Å². The minimum atomic E-state index is -3.53. The molecule has 11 heteroatoms. The molecule has 0 unspecified atom stereocenters. The first-order valence-corrected chi connectivity index (χ1v) is 12.9. The molecule has 2 fully saturated rings. The molecule has 3 aromatic rings. The third kappa shape index (κ3) is 4.26. The van der Waals surface area contributed by atoms with Gasteiger partial charge in [-0.15, -0.1) is 0 Å². The number of morpholine rings is 1. The van der Waals surface area contributed by atoms with Crippen molar-refractivity contribution in [3.8, 4) is 0 Å². The number of aromatic nitrogens is 2. The second kappa shape index (κ2) is 9.32. The molecule has 0 radical (unpaired) electrons. The van der Waals surface area contributed by atoms with Crippen LogP contribution in [0.1, 0.15) is 35.4 Å². The summed E-state index contributed by atoms with van der Waals surface area (Å²) in [5.74, 6) is 0.706. The molecular weight excluding hydrogens is 458 g/mol. The summed E-state index contributed by atoms with van der Waals surface area (Å²) in [7, 11) is -3.53. The molecular formula is C23H27N5O5S. The molecule has 34 heavy (non-hydrogen) atoms. The number of rotatable bonds is 5. The maximum Gasteiger partial charge on any atom is 0.260 e. The number of sulfonamides is 1. The van der Waals surface area contributed by atoms with Gasteiger partial charge in [0.05, 0.1) is 29.1 Å². The molecule has 10 nitrogen and oxygen atoms in total. The minimum absolute atomic E-state index is 0.223. The van der Waals surface area contributed by atoms with Crippen molar-refractivity contribution in [2.45, 2.75) is 31.1 Å². The van der Waals surface area contributed by atoms with Crippen molar-refractivity contribution in [2.75, 3.05) is 49.6 Å². The number of carbonyl (C=O) groups is 1. The summed E-state index contributed by atoms with van der Waals surface area (Å²) in [4.78, 5) is 24.2. The summed E-state index contributed by atoms with van der Waals surface area (Å²) in [6.07, 6.45) is 4.24. The van der Waals surface area contributed by atoms with Gasteiger partial charge in [-0.1, -0.05) is 6.42 Å². The Morgan fingerprint density at radius 1 is 1.00 bits per heavy atom. The molecule has 0 spiro atoms. The second-order valence-corrected chi connectivity index (χ2v) is 10.4. The normalized spacial score (nSPS) is 17.7. The van der Waals surface area contributed by atoms with Crippen molar-refractivity contribution < 1.29 is 22.4 Å². The van der Waals surface area contributed by atoms with Gasteiger partial charge in [0.2, 0.25) is 15.7 Å². The first-order valence-electron chi connectivity index (χ1n) is 11.4. The lowest BCUT2D eigenvalue weighted by atomic mass is 10.1. The molecule has 2 aliphatic heterocycles. The van der Waals surface area contributed by atoms with Gasteiger partial charge in [0.1, 0.15) is 17.9 Å². The lowest BCUT2D eigenvalue weighted by Gasteiger charge is -2.28. The van der Waals surface area contributed by atoms with E-state index in [-0.39, 0.29) is 10.8 Å². The van der Waals surface area contributed by atoms with Crippen molar-refractivity contribution in [3.63, 3.8) is 0 Å². The molecule has 0 aliphatic carbocycles. The molecule has 4 heterocycles. The molecule has 1 N–H and O–H groups in total. The maximum atomic E-state index is 13.3. The highest BCUT2D eigenvalue weighted by Gasteiger charge is 2.27. The fourth-order valence-electron chi connectivity index (χ4n) is 4.48. The Morgan fingerprint density at radius 3 is 2.41 bits per heavy atom. The van der Waals surface area contributed by atoms with Crippen LogP contribution < -0.4 is 10.2 Å². The number of carbonyl (C=O) groups excluding carboxylic acids is 1. The van der Waals surface area contributed by atoms with E-state index >= 15 is 0 Å². The number of furan rings is 1. The summed E-state index contributed by atoms with van der Waals surface area (Å²) in [5.41, 5.74) is 1.20. The van der Waals surface area contributed by atoms with Gasteiger partial charge in [-0.25, -0.2) is 18.4 Å². The number of nitrogens with zero attached hydrogens (tertiary/aromatic N) is 4. The van der Waals surface area contributed by atoms with Crippen molar-refractivity contribution in [1.29, 1.82) is 0 Å². The van der Waals surface area contributed by atoms with E-state index in [0.29, 0.717) is 73.3 Å². The van der Waals surface area contributed by atoms with Gasteiger partial charge in [-0.3, -0.25) is 4.79 Å². The van der Waals surface area contributed by atoms with Gasteiger partial charge in [-0.05, 0) is 44.0 Å². The van der Waals surface area contributed by atoms with Crippen molar-refractivity contribution in [2.24, 2.45) is 0 Å². The van der Waals surface area contributed by atoms with Crippen LogP contribution in [0.15, 0.2) is 39.9 Å². The monoisotopic (exact) mass is 485 g/mol. The van der Waals surface area contributed by atoms with Crippen LogP contribution in [0, 0.1) is 6.92 Å². The van der Waals surface area contributed by atoms with Gasteiger partial charge in [-0.2, -0.15) is 4.31 Å². The zero-order valence-electron chi connectivity index (χ0n) is 19.0. The smallest absolute Gasteiger partial charge is 0.260 e. The Balaban J connectivity index is 1.40. The van der Waals surface area contributed by atoms with E-state index in [1.807, 2.05) is 0 Å². The van der Waals surface area contributed by atoms with Crippen LogP contribution >= 0.6 is 0 Å². The number of nitrogens with one attached hydrogen (secondary N) is 1. The number of hydrogen-bond donors (Lipinski definition) is 1. The Hall–Kier alpha value is -3.02. The Kier molecular flexibility index (Phi) is 6.24. The predicted molar refractivity (Wildman–Crippen MR) is 127 cm³/mol. The number of aryl methyl sites for hydroxylation is 1. The van der Waals surface area contributed by atoms with E-state index < -0.39 is 10.0 Å². The van der Waals surface area contributed by atoms with E-state index in [4.69, 9.17) is 9.15 Å². The highest BCUT2D eigenvalue weighted by molar-refractivity contribution is 7.89. The molecule has 0 atom stereocenters. The molecule has 1 aromatic carbocycles. The molecule has 0 bridgehead atoms. The van der Waals surface area contributed by atoms with Gasteiger partial charge in [0, 0.05) is 31.9 Å². The standard InChI is InChI=1S/C23H27N5O5S/c1-16-19(20-21(24-15-25-23(20)33-16)27-11-13-32-14-12-27)22(29)26-17-5-7-18(8-6-17)34(30,31)28-9-3-2-4-10-28/h5-8,15H,2-4,9-14H2,1H3,(H,26,29). The van der Waals surface area contributed by atoms with E-state index in [1.54, 1.807) is 19.1 Å². The van der Waals surface area contributed by atoms with E-state index in [2.05, 4.69) is 20.2 Å². The van der Waals surface area contributed by atoms with Gasteiger partial charge in [0.25, 0.3) is 5.91 Å². The molecule has 5 rings (SSSR count). The van der Waals surface area contributed by atoms with E-state index in [9.17, 15) is 13.2 Å². The maximum absolute atomic E-state index is 13.3. The third-order valence-corrected chi connectivity index (χ3v) is 8.16. The molecule has 0 saturated carbocycles. The zero-order valence-corrected chi connectivity index (χ0v) is 19.8. The first-order chi connectivity index (χ1) is 16.4. The largest absolute Gasteiger partial charge is 0.442 e. The minimum Gasteiger partial charge on any atom is -0.442 e. The summed E-state index contributed by atoms with van der Waals surface area (Å²) in [6, 6.07) is 6.27. The number of hydrogen-bond acceptors (Lipinski definition) is 8. The fraction of sp³-hybridized carbons (Fsp3) is 0.435. The number of benzene rings is 1. The average molecular weight is 486 g/mol. The van der Waals surface area contributed by atoms with Gasteiger partial charge < -0.3 is 19.4 Å². The molecule has 2 aliphatic rings. The van der Waals surface area contributed by atoms with Crippen LogP contribution in [0.5, 0.6) is 0 Å². The average Bonchev–Trinajstić information content (AvgIpc) is 3.21. The lowest BCUT2D eigenvalue weighted by molar-refractivity contribution is 0.102. The highest BCUT2D eigenvalue weighted by atomic mass is 32.2. The summed E-state index contributed by atoms with van der Waals surface area (Å²) < 4.78 is 38.5. The van der Waals surface area contributed by atoms with E-state index in [0.717, 1.165) is 19.3 Å². The topological polar surface area (TPSA) is 118 Å². The highest BCUT2D eigenvalue weighted by Crippen LogP contribution is 2.32. The van der Waals surface area contributed by atoms with Crippen LogP contribution in [-0.4, -0.2) is 68.0 Å². The number of amides is 1. The molecule has 1 amide bonds. The summed E-state index contributed by atoms with van der Waals surface area (Å²) in [5, 5.41) is 3.42. The Labute approximate surface area is 198 Å². The van der Waals surface area contributed by atoms with Crippen LogP contribution in [-0.2, 0) is 14.8 Å². The third-order valence-electron chi connectivity index (χ3n) is 6.25. The lowest BCUT2D eigenvalue weighted by Crippen LogP contribution is -2.37. The van der Waals surface area contributed by atoms with Gasteiger partial charge in [0.15, 0.2) is 0 Å². The van der Waals surface area contributed by atoms with Crippen LogP contribution in [0.4, 0.5) is 11.5 Å². The number of ether oxygens (including phenoxy) is 1. The number of piperidine rings is 1. The quantitative estimate of drug-likeness (QED) is 0.586. The van der Waals surface area contributed by atoms with Gasteiger partial charge >= 0.3 is 0 Å². The summed E-state index contributed by atoms with van der Waals surface area (Å²) in [6.45, 7) is 5.28. The second-order valence-electron chi connectivity index (χ2n) is 8.45. The molecule has 2 aromatic heterocycles. The van der Waals surface area contributed by atoms with Crippen LogP contribution in [0.25, 0.3) is 11.1 Å². The first kappa shape index (κ1) is 22.8. The van der Waals surface area contributed by atoms with Crippen LogP contribution in [0.2, 0.25) is 0 Å². The SMILES string of the molecule is Cc1oc2ncnc(N3CCOCC3)c2c1C(=O)Nc1ccc(S(=O)(=O)N2CCCCC2)cc1. The fourth-order valence-corrected chi connectivity index (χ4v) is 5.99.